The van der Waals surface area contributed by atoms with Crippen molar-refractivity contribution in [2.45, 2.75) is 152 Å². The molecule has 2 aromatic carbocycles. The molecule has 82 heavy (non-hydrogen) atoms. The molecule has 0 bridgehead atoms. The predicted octanol–water partition coefficient (Wildman–Crippen LogP) is -5.63. The van der Waals surface area contributed by atoms with E-state index in [1.165, 1.54) is 13.8 Å². The molecular formula is C54H84N16O12. The van der Waals surface area contributed by atoms with Gasteiger partial charge in [-0.05, 0) is 108 Å². The van der Waals surface area contributed by atoms with Crippen molar-refractivity contribution in [1.29, 1.82) is 0 Å². The molecule has 1 saturated heterocycles. The van der Waals surface area contributed by atoms with Gasteiger partial charge in [-0.25, -0.2) is 0 Å². The van der Waals surface area contributed by atoms with E-state index in [-0.39, 0.29) is 77.0 Å². The summed E-state index contributed by atoms with van der Waals surface area (Å²) in [5.74, 6) is -9.35. The standard InChI is InChI=1S/C54H84N16O12/c1-28(2)24-41-51(79)64-36(14-19-55)46(74)63-39(17-22-58)50(78)70-43(29(3)71)53(81)60-23-18-40(49(77)62-37(15-20-56)48(76)68-42(52(80)67-41)25-31-10-6-5-7-11-31)65-47(75)38(16-21-57)66-54(82)44(30(4)72)69-45(73)34(59)26-32-27-61-35-13-9-8-12-33(32)35/h5-13,27-30,34,36-44,61,71-72H,14-26,55-59H2,1-4H3,(H,60,81)(H,62,77)(H,63,74)(H,64,79)(H,65,75)(H,66,82)(H,67,80)(H,68,76)(H,69,73)(H,70,78)/t29-,30-,34+,36+,37+,38+,39+,40+,41+,42-,43+,44+/m1/s1. The lowest BCUT2D eigenvalue weighted by Gasteiger charge is -2.28. The number of carbonyl (C=O) groups is 10. The van der Waals surface area contributed by atoms with Crippen LogP contribution in [0.15, 0.2) is 60.8 Å². The van der Waals surface area contributed by atoms with Gasteiger partial charge in [-0.2, -0.15) is 0 Å². The topological polar surface area (TPSA) is 477 Å². The number of carbonyl (C=O) groups excluding carboxylic acids is 10. The average molecular weight is 1150 g/mol. The van der Waals surface area contributed by atoms with E-state index in [1.807, 2.05) is 24.3 Å². The average Bonchev–Trinajstić information content (AvgIpc) is 4.08. The Hall–Kier alpha value is -7.60. The molecule has 28 nitrogen and oxygen atoms in total. The summed E-state index contributed by atoms with van der Waals surface area (Å²) in [6.45, 7) is 4.93. The molecule has 1 fully saturated rings. The molecule has 1 aromatic heterocycles. The molecule has 10 amide bonds. The number of para-hydroxylation sites is 1. The first-order valence-corrected chi connectivity index (χ1v) is 27.5. The van der Waals surface area contributed by atoms with Gasteiger partial charge in [0.05, 0.1) is 18.2 Å². The molecule has 2 heterocycles. The Morgan fingerprint density at radius 1 is 0.610 bits per heavy atom. The normalized spacial score (nSPS) is 23.0. The van der Waals surface area contributed by atoms with Gasteiger partial charge in [0.25, 0.3) is 0 Å². The molecule has 0 unspecified atom stereocenters. The molecule has 1 aliphatic heterocycles. The maximum atomic E-state index is 14.5. The van der Waals surface area contributed by atoms with Crippen LogP contribution in [-0.2, 0) is 60.8 Å². The molecule has 0 radical (unpaired) electrons. The van der Waals surface area contributed by atoms with E-state index in [0.29, 0.717) is 5.56 Å². The largest absolute Gasteiger partial charge is 0.391 e. The van der Waals surface area contributed by atoms with Crippen molar-refractivity contribution in [2.24, 2.45) is 34.6 Å². The molecule has 23 N–H and O–H groups in total. The molecule has 12 atom stereocenters. The first-order chi connectivity index (χ1) is 39.0. The summed E-state index contributed by atoms with van der Waals surface area (Å²) < 4.78 is 0. The minimum atomic E-state index is -1.68. The number of amides is 10. The predicted molar refractivity (Wildman–Crippen MR) is 303 cm³/mol. The molecule has 0 aliphatic carbocycles. The van der Waals surface area contributed by atoms with Crippen molar-refractivity contribution >= 4 is 70.0 Å². The second-order valence-corrected chi connectivity index (χ2v) is 20.8. The Kier molecular flexibility index (Phi) is 27.2. The lowest BCUT2D eigenvalue weighted by molar-refractivity contribution is -0.136. The summed E-state index contributed by atoms with van der Waals surface area (Å²) in [4.78, 5) is 144. The van der Waals surface area contributed by atoms with E-state index >= 15 is 0 Å². The fourth-order valence-corrected chi connectivity index (χ4v) is 9.07. The van der Waals surface area contributed by atoms with Crippen molar-refractivity contribution < 1.29 is 58.2 Å². The van der Waals surface area contributed by atoms with Crippen molar-refractivity contribution in [3.05, 3.63) is 71.9 Å². The highest BCUT2D eigenvalue weighted by atomic mass is 16.3. The van der Waals surface area contributed by atoms with Gasteiger partial charge >= 0.3 is 0 Å². The maximum absolute atomic E-state index is 14.5. The van der Waals surface area contributed by atoms with Gasteiger partial charge in [0, 0.05) is 30.1 Å². The zero-order valence-corrected chi connectivity index (χ0v) is 46.8. The van der Waals surface area contributed by atoms with Crippen LogP contribution in [0.5, 0.6) is 0 Å². The molecule has 0 spiro atoms. The number of rotatable bonds is 22. The van der Waals surface area contributed by atoms with E-state index in [9.17, 15) is 58.2 Å². The number of nitrogens with two attached hydrogens (primary N) is 5. The van der Waals surface area contributed by atoms with E-state index in [4.69, 9.17) is 28.7 Å². The second-order valence-electron chi connectivity index (χ2n) is 20.8. The van der Waals surface area contributed by atoms with Crippen LogP contribution in [0.25, 0.3) is 10.9 Å². The number of aromatic nitrogens is 1. The highest BCUT2D eigenvalue weighted by Gasteiger charge is 2.37. The van der Waals surface area contributed by atoms with Crippen LogP contribution in [0.1, 0.15) is 77.3 Å². The smallest absolute Gasteiger partial charge is 0.245 e. The number of aromatic amines is 1. The van der Waals surface area contributed by atoms with Gasteiger partial charge in [-0.15, -0.1) is 0 Å². The van der Waals surface area contributed by atoms with Crippen LogP contribution in [-0.4, -0.2) is 180 Å². The number of aliphatic hydroxyl groups excluding tert-OH is 2. The Morgan fingerprint density at radius 2 is 1.13 bits per heavy atom. The highest BCUT2D eigenvalue weighted by molar-refractivity contribution is 5.99. The summed E-state index contributed by atoms with van der Waals surface area (Å²) in [6.07, 6.45) is -2.58. The van der Waals surface area contributed by atoms with Crippen LogP contribution in [0.2, 0.25) is 0 Å². The minimum absolute atomic E-state index is 0.0514. The molecule has 1 aliphatic rings. The van der Waals surface area contributed by atoms with Gasteiger partial charge in [0.2, 0.25) is 59.1 Å². The number of fused-ring (bicyclic) bond motifs is 1. The van der Waals surface area contributed by atoms with Crippen LogP contribution in [0.4, 0.5) is 0 Å². The SMILES string of the molecule is CC(C)C[C@@H]1NC(=O)[C@@H](Cc2ccccc2)NC(=O)[C@H](CCN)NC(=O)[C@@H](NC(=O)[C@H](CCN)NC(=O)[C@@H](NC(=O)[C@@H](N)Cc2c[nH]c3ccccc23)[C@@H](C)O)CCNC(=O)[C@H]([C@@H](C)O)NC(=O)[C@H](CCN)NC(=O)[C@H](CCN)NC1=O. The maximum Gasteiger partial charge on any atom is 0.245 e. The van der Waals surface area contributed by atoms with E-state index in [0.717, 1.165) is 16.5 Å². The second kappa shape index (κ2) is 33.4. The molecule has 3 aromatic rings. The van der Waals surface area contributed by atoms with Crippen molar-refractivity contribution in [1.82, 2.24) is 58.2 Å². The summed E-state index contributed by atoms with van der Waals surface area (Å²) in [6, 6.07) is 1.31. The summed E-state index contributed by atoms with van der Waals surface area (Å²) in [7, 11) is 0. The highest BCUT2D eigenvalue weighted by Crippen LogP contribution is 2.19. The first-order valence-electron chi connectivity index (χ1n) is 27.5. The minimum Gasteiger partial charge on any atom is -0.391 e. The Bertz CT molecular complexity index is 2640. The van der Waals surface area contributed by atoms with Crippen LogP contribution in [0, 0.1) is 5.92 Å². The number of H-pyrrole nitrogens is 1. The van der Waals surface area contributed by atoms with E-state index < -0.39 is 145 Å². The molecular weight excluding hydrogens is 1060 g/mol. The monoisotopic (exact) mass is 1150 g/mol. The zero-order valence-electron chi connectivity index (χ0n) is 46.8. The van der Waals surface area contributed by atoms with E-state index in [2.05, 4.69) is 58.2 Å². The lowest BCUT2D eigenvalue weighted by Crippen LogP contribution is -2.62. The van der Waals surface area contributed by atoms with Gasteiger partial charge in [-0.3, -0.25) is 47.9 Å². The Morgan fingerprint density at radius 3 is 1.70 bits per heavy atom. The number of hydrogen-bond acceptors (Lipinski definition) is 17. The third-order valence-corrected chi connectivity index (χ3v) is 13.6. The van der Waals surface area contributed by atoms with Gasteiger partial charge in [-0.1, -0.05) is 62.4 Å². The van der Waals surface area contributed by atoms with Crippen LogP contribution < -0.4 is 81.8 Å². The number of nitrogens with one attached hydrogen (secondary N) is 11. The van der Waals surface area contributed by atoms with Crippen molar-refractivity contribution in [3.63, 3.8) is 0 Å². The fraction of sp³-hybridized carbons (Fsp3) is 0.556. The zero-order chi connectivity index (χ0) is 60.6. The van der Waals surface area contributed by atoms with Crippen molar-refractivity contribution in [3.8, 4) is 0 Å². The molecule has 28 heteroatoms. The summed E-state index contributed by atoms with van der Waals surface area (Å²) >= 11 is 0. The van der Waals surface area contributed by atoms with Crippen LogP contribution in [0.3, 0.4) is 0 Å². The first kappa shape index (κ1) is 66.9. The Labute approximate surface area is 475 Å². The van der Waals surface area contributed by atoms with Gasteiger partial charge < -0.3 is 97.0 Å². The van der Waals surface area contributed by atoms with Crippen LogP contribution >= 0.6 is 0 Å². The lowest BCUT2D eigenvalue weighted by atomic mass is 10.00. The number of hydrogen-bond donors (Lipinski definition) is 18. The quantitative estimate of drug-likeness (QED) is 0.0446. The van der Waals surface area contributed by atoms with Crippen molar-refractivity contribution in [2.75, 3.05) is 32.7 Å². The number of benzene rings is 2. The molecule has 0 saturated carbocycles. The Balaban J connectivity index is 1.71. The third kappa shape index (κ3) is 20.4. The summed E-state index contributed by atoms with van der Waals surface area (Å²) in [5.41, 5.74) is 32.0. The third-order valence-electron chi connectivity index (χ3n) is 13.6. The fourth-order valence-electron chi connectivity index (χ4n) is 9.07. The van der Waals surface area contributed by atoms with Gasteiger partial charge in [0.1, 0.15) is 54.4 Å². The summed E-state index contributed by atoms with van der Waals surface area (Å²) in [5, 5.41) is 47.9. The molecule has 4 rings (SSSR count). The molecule has 452 valence electrons. The van der Waals surface area contributed by atoms with E-state index in [1.54, 1.807) is 50.4 Å². The van der Waals surface area contributed by atoms with Gasteiger partial charge in [0.15, 0.2) is 0 Å². The number of aliphatic hydroxyl groups is 2.